The molecule has 1 rings (SSSR count). The molecule has 154 valence electrons. The molecule has 0 heterocycles. The lowest BCUT2D eigenvalue weighted by Crippen LogP contribution is -2.30. The lowest BCUT2D eigenvalue weighted by molar-refractivity contribution is -0.121. The largest absolute Gasteiger partial charge is 0.382 e. The van der Waals surface area contributed by atoms with Crippen LogP contribution in [-0.2, 0) is 30.7 Å². The first kappa shape index (κ1) is 23.6. The number of amides is 1. The third-order valence-electron chi connectivity index (χ3n) is 4.13. The van der Waals surface area contributed by atoms with Crippen molar-refractivity contribution in [1.82, 2.24) is 9.62 Å². The molecule has 0 unspecified atom stereocenters. The summed E-state index contributed by atoms with van der Waals surface area (Å²) in [4.78, 5) is 12.2. The van der Waals surface area contributed by atoms with Crippen LogP contribution in [0, 0.1) is 0 Å². The van der Waals surface area contributed by atoms with Gasteiger partial charge in [0.15, 0.2) is 0 Å². The molecule has 1 aromatic carbocycles. The number of rotatable bonds is 14. The maximum atomic E-state index is 12.4. The number of methoxy groups -OCH3 is 1. The average molecular weight is 401 g/mol. The van der Waals surface area contributed by atoms with E-state index in [0.717, 1.165) is 12.0 Å². The highest BCUT2D eigenvalue weighted by atomic mass is 32.2. The normalized spacial score (nSPS) is 11.7. The van der Waals surface area contributed by atoms with Gasteiger partial charge in [-0.2, -0.15) is 4.31 Å². The molecule has 0 bridgehead atoms. The van der Waals surface area contributed by atoms with Crippen LogP contribution in [0.25, 0.3) is 0 Å². The Morgan fingerprint density at radius 2 is 1.74 bits per heavy atom. The maximum Gasteiger partial charge on any atom is 0.243 e. The second-order valence-corrected chi connectivity index (χ2v) is 7.98. The summed E-state index contributed by atoms with van der Waals surface area (Å²) < 4.78 is 36.5. The van der Waals surface area contributed by atoms with Crippen molar-refractivity contribution >= 4 is 15.9 Å². The minimum atomic E-state index is -3.44. The quantitative estimate of drug-likeness (QED) is 0.482. The van der Waals surface area contributed by atoms with Crippen LogP contribution < -0.4 is 5.32 Å². The number of aryl methyl sites for hydroxylation is 1. The number of ether oxygens (including phenoxy) is 2. The molecule has 7 nitrogen and oxygen atoms in total. The van der Waals surface area contributed by atoms with E-state index in [1.165, 1.54) is 4.31 Å². The molecule has 0 radical (unpaired) electrons. The second-order valence-electron chi connectivity index (χ2n) is 6.04. The first-order valence-electron chi connectivity index (χ1n) is 9.38. The van der Waals surface area contributed by atoms with E-state index in [1.54, 1.807) is 31.4 Å². The number of hydrogen-bond donors (Lipinski definition) is 1. The van der Waals surface area contributed by atoms with Gasteiger partial charge in [-0.25, -0.2) is 8.42 Å². The highest BCUT2D eigenvalue weighted by Gasteiger charge is 2.21. The molecular weight excluding hydrogens is 368 g/mol. The van der Waals surface area contributed by atoms with Crippen molar-refractivity contribution in [2.45, 2.75) is 38.0 Å². The number of carbonyl (C=O) groups is 1. The van der Waals surface area contributed by atoms with Gasteiger partial charge >= 0.3 is 0 Å². The van der Waals surface area contributed by atoms with Gasteiger partial charge in [0.05, 0.1) is 18.1 Å². The van der Waals surface area contributed by atoms with Crippen molar-refractivity contribution < 1.29 is 22.7 Å². The second kappa shape index (κ2) is 12.8. The Morgan fingerprint density at radius 1 is 1.07 bits per heavy atom. The Kier molecular flexibility index (Phi) is 11.2. The number of benzene rings is 1. The van der Waals surface area contributed by atoms with Crippen LogP contribution >= 0.6 is 0 Å². The van der Waals surface area contributed by atoms with E-state index in [4.69, 9.17) is 9.47 Å². The smallest absolute Gasteiger partial charge is 0.243 e. The molecule has 0 saturated carbocycles. The average Bonchev–Trinajstić information content (AvgIpc) is 2.66. The molecule has 0 aliphatic rings. The molecule has 0 spiro atoms. The highest BCUT2D eigenvalue weighted by Crippen LogP contribution is 2.16. The summed E-state index contributed by atoms with van der Waals surface area (Å²) >= 11 is 0. The van der Waals surface area contributed by atoms with Crippen LogP contribution in [0.5, 0.6) is 0 Å². The zero-order chi connectivity index (χ0) is 20.1. The fraction of sp³-hybridized carbons (Fsp3) is 0.632. The Labute approximate surface area is 163 Å². The first-order chi connectivity index (χ1) is 13.0. The number of hydrogen-bond acceptors (Lipinski definition) is 5. The standard InChI is InChI=1S/C19H32N2O5S/c1-4-21(5-2)27(23,24)18-10-7-17(8-11-18)9-12-19(22)20-13-6-14-26-16-15-25-3/h7-8,10-11H,4-6,9,12-16H2,1-3H3,(H,20,22). The SMILES string of the molecule is CCN(CC)S(=O)(=O)c1ccc(CCC(=O)NCCCOCCOC)cc1. The predicted octanol–water partition coefficient (Wildman–Crippen LogP) is 1.82. The molecule has 8 heteroatoms. The molecule has 1 N–H and O–H groups in total. The molecule has 0 aromatic heterocycles. The number of carbonyl (C=O) groups excluding carboxylic acids is 1. The molecule has 0 atom stereocenters. The molecule has 0 aliphatic heterocycles. The minimum absolute atomic E-state index is 0.0215. The fourth-order valence-corrected chi connectivity index (χ4v) is 3.99. The molecular formula is C19H32N2O5S. The molecule has 1 aromatic rings. The van der Waals surface area contributed by atoms with E-state index < -0.39 is 10.0 Å². The zero-order valence-corrected chi connectivity index (χ0v) is 17.4. The van der Waals surface area contributed by atoms with E-state index in [9.17, 15) is 13.2 Å². The Hall–Kier alpha value is -1.48. The van der Waals surface area contributed by atoms with Crippen LogP contribution in [0.2, 0.25) is 0 Å². The van der Waals surface area contributed by atoms with Crippen LogP contribution in [0.3, 0.4) is 0 Å². The van der Waals surface area contributed by atoms with Crippen molar-refractivity contribution in [3.63, 3.8) is 0 Å². The monoisotopic (exact) mass is 400 g/mol. The summed E-state index contributed by atoms with van der Waals surface area (Å²) in [6.07, 6.45) is 1.70. The van der Waals surface area contributed by atoms with Crippen LogP contribution in [-0.4, -0.2) is 65.2 Å². The summed E-state index contributed by atoms with van der Waals surface area (Å²) in [6, 6.07) is 6.76. The van der Waals surface area contributed by atoms with Gasteiger partial charge in [-0.1, -0.05) is 26.0 Å². The lowest BCUT2D eigenvalue weighted by atomic mass is 10.1. The van der Waals surface area contributed by atoms with Gasteiger partial charge in [-0.05, 0) is 30.5 Å². The van der Waals surface area contributed by atoms with Gasteiger partial charge in [0.25, 0.3) is 0 Å². The van der Waals surface area contributed by atoms with Gasteiger partial charge in [-0.3, -0.25) is 4.79 Å². The molecule has 0 aliphatic carbocycles. The molecule has 27 heavy (non-hydrogen) atoms. The topological polar surface area (TPSA) is 84.9 Å². The van der Waals surface area contributed by atoms with E-state index in [0.29, 0.717) is 52.3 Å². The highest BCUT2D eigenvalue weighted by molar-refractivity contribution is 7.89. The first-order valence-corrected chi connectivity index (χ1v) is 10.8. The third kappa shape index (κ3) is 8.38. The van der Waals surface area contributed by atoms with Crippen LogP contribution in [0.15, 0.2) is 29.2 Å². The Bertz CT molecular complexity index is 643. The summed E-state index contributed by atoms with van der Waals surface area (Å²) in [7, 11) is -1.81. The number of sulfonamides is 1. The van der Waals surface area contributed by atoms with Crippen molar-refractivity contribution in [3.05, 3.63) is 29.8 Å². The Balaban J connectivity index is 2.36. The third-order valence-corrected chi connectivity index (χ3v) is 6.19. The van der Waals surface area contributed by atoms with Crippen molar-refractivity contribution in [2.75, 3.05) is 46.6 Å². The van der Waals surface area contributed by atoms with Crippen LogP contribution in [0.4, 0.5) is 0 Å². The van der Waals surface area contributed by atoms with Crippen molar-refractivity contribution in [3.8, 4) is 0 Å². The lowest BCUT2D eigenvalue weighted by Gasteiger charge is -2.18. The summed E-state index contributed by atoms with van der Waals surface area (Å²) in [5, 5.41) is 2.86. The molecule has 1 amide bonds. The van der Waals surface area contributed by atoms with Gasteiger partial charge < -0.3 is 14.8 Å². The van der Waals surface area contributed by atoms with E-state index >= 15 is 0 Å². The fourth-order valence-electron chi connectivity index (χ4n) is 2.53. The zero-order valence-electron chi connectivity index (χ0n) is 16.6. The van der Waals surface area contributed by atoms with Gasteiger partial charge in [-0.15, -0.1) is 0 Å². The van der Waals surface area contributed by atoms with E-state index in [1.807, 2.05) is 13.8 Å². The van der Waals surface area contributed by atoms with E-state index in [2.05, 4.69) is 5.32 Å². The van der Waals surface area contributed by atoms with Gasteiger partial charge in [0.1, 0.15) is 0 Å². The number of nitrogens with one attached hydrogen (secondary N) is 1. The molecule has 0 fully saturated rings. The van der Waals surface area contributed by atoms with E-state index in [-0.39, 0.29) is 10.8 Å². The molecule has 0 saturated heterocycles. The van der Waals surface area contributed by atoms with Gasteiger partial charge in [0, 0.05) is 39.8 Å². The number of nitrogens with zero attached hydrogens (tertiary/aromatic N) is 1. The maximum absolute atomic E-state index is 12.4. The predicted molar refractivity (Wildman–Crippen MR) is 105 cm³/mol. The Morgan fingerprint density at radius 3 is 2.33 bits per heavy atom. The van der Waals surface area contributed by atoms with Crippen molar-refractivity contribution in [1.29, 1.82) is 0 Å². The summed E-state index contributed by atoms with van der Waals surface area (Å²) in [5.74, 6) is -0.0215. The minimum Gasteiger partial charge on any atom is -0.382 e. The van der Waals surface area contributed by atoms with Crippen LogP contribution in [0.1, 0.15) is 32.3 Å². The summed E-state index contributed by atoms with van der Waals surface area (Å²) in [6.45, 7) is 6.82. The van der Waals surface area contributed by atoms with Gasteiger partial charge in [0.2, 0.25) is 15.9 Å². The summed E-state index contributed by atoms with van der Waals surface area (Å²) in [5.41, 5.74) is 0.937. The van der Waals surface area contributed by atoms with Crippen molar-refractivity contribution in [2.24, 2.45) is 0 Å².